The molecule has 1 aromatic rings. The third-order valence-electron chi connectivity index (χ3n) is 2.00. The van der Waals surface area contributed by atoms with Gasteiger partial charge in [0.1, 0.15) is 0 Å². The maximum absolute atomic E-state index is 5.65. The Hall–Kier alpha value is -1.71. The van der Waals surface area contributed by atoms with Crippen molar-refractivity contribution < 1.29 is 9.47 Å². The second-order valence-corrected chi connectivity index (χ2v) is 3.00. The first-order valence-corrected chi connectivity index (χ1v) is 4.76. The zero-order valence-corrected chi connectivity index (χ0v) is 9.28. The lowest BCUT2D eigenvalue weighted by Gasteiger charge is -2.07. The SMILES string of the molecule is CCC(N)=Nc1ccc(OC)c(OC)c1. The fourth-order valence-electron chi connectivity index (χ4n) is 1.14. The molecule has 0 saturated carbocycles. The molecular weight excluding hydrogens is 192 g/mol. The maximum Gasteiger partial charge on any atom is 0.162 e. The standard InChI is InChI=1S/C11H16N2O2/c1-4-11(12)13-8-5-6-9(14-2)10(7-8)15-3/h5-7H,4H2,1-3H3,(H2,12,13). The zero-order chi connectivity index (χ0) is 11.3. The van der Waals surface area contributed by atoms with E-state index in [0.29, 0.717) is 17.3 Å². The molecule has 15 heavy (non-hydrogen) atoms. The Bertz CT molecular complexity index is 362. The third kappa shape index (κ3) is 2.87. The van der Waals surface area contributed by atoms with Crippen molar-refractivity contribution in [1.29, 1.82) is 0 Å². The van der Waals surface area contributed by atoms with E-state index in [2.05, 4.69) is 4.99 Å². The molecule has 2 N–H and O–H groups in total. The summed E-state index contributed by atoms with van der Waals surface area (Å²) in [4.78, 5) is 4.22. The van der Waals surface area contributed by atoms with E-state index >= 15 is 0 Å². The summed E-state index contributed by atoms with van der Waals surface area (Å²) in [5.74, 6) is 1.94. The summed E-state index contributed by atoms with van der Waals surface area (Å²) in [6.07, 6.45) is 0.731. The molecule has 0 spiro atoms. The second-order valence-electron chi connectivity index (χ2n) is 3.00. The number of methoxy groups -OCH3 is 2. The summed E-state index contributed by atoms with van der Waals surface area (Å²) in [6.45, 7) is 1.96. The van der Waals surface area contributed by atoms with Gasteiger partial charge in [-0.3, -0.25) is 0 Å². The number of ether oxygens (including phenoxy) is 2. The minimum absolute atomic E-state index is 0.599. The monoisotopic (exact) mass is 208 g/mol. The van der Waals surface area contributed by atoms with Crippen LogP contribution in [0.15, 0.2) is 23.2 Å². The van der Waals surface area contributed by atoms with E-state index < -0.39 is 0 Å². The van der Waals surface area contributed by atoms with Crippen LogP contribution in [0.4, 0.5) is 5.69 Å². The Morgan fingerprint density at radius 2 is 1.93 bits per heavy atom. The van der Waals surface area contributed by atoms with Crippen LogP contribution in [-0.4, -0.2) is 20.1 Å². The van der Waals surface area contributed by atoms with Gasteiger partial charge in [-0.25, -0.2) is 4.99 Å². The molecule has 0 aliphatic heterocycles. The number of nitrogens with zero attached hydrogens (tertiary/aromatic N) is 1. The number of benzene rings is 1. The minimum Gasteiger partial charge on any atom is -0.493 e. The average molecular weight is 208 g/mol. The van der Waals surface area contributed by atoms with Gasteiger partial charge in [-0.15, -0.1) is 0 Å². The first-order chi connectivity index (χ1) is 7.21. The van der Waals surface area contributed by atoms with Gasteiger partial charge in [-0.05, 0) is 12.1 Å². The van der Waals surface area contributed by atoms with Crippen molar-refractivity contribution >= 4 is 11.5 Å². The van der Waals surface area contributed by atoms with Crippen molar-refractivity contribution in [2.45, 2.75) is 13.3 Å². The molecule has 0 saturated heterocycles. The van der Waals surface area contributed by atoms with Gasteiger partial charge in [0.05, 0.1) is 25.7 Å². The topological polar surface area (TPSA) is 56.8 Å². The predicted octanol–water partition coefficient (Wildman–Crippen LogP) is 2.10. The fraction of sp³-hybridized carbons (Fsp3) is 0.364. The lowest BCUT2D eigenvalue weighted by molar-refractivity contribution is 0.355. The number of hydrogen-bond acceptors (Lipinski definition) is 3. The van der Waals surface area contributed by atoms with Gasteiger partial charge in [0.15, 0.2) is 11.5 Å². The molecule has 1 aromatic carbocycles. The molecule has 0 atom stereocenters. The van der Waals surface area contributed by atoms with Crippen LogP contribution >= 0.6 is 0 Å². The second kappa shape index (κ2) is 5.24. The summed E-state index contributed by atoms with van der Waals surface area (Å²) in [7, 11) is 3.19. The van der Waals surface area contributed by atoms with Crippen molar-refractivity contribution in [1.82, 2.24) is 0 Å². The lowest BCUT2D eigenvalue weighted by atomic mass is 10.3. The van der Waals surface area contributed by atoms with Crippen molar-refractivity contribution in [2.75, 3.05) is 14.2 Å². The third-order valence-corrected chi connectivity index (χ3v) is 2.00. The highest BCUT2D eigenvalue weighted by atomic mass is 16.5. The highest BCUT2D eigenvalue weighted by molar-refractivity contribution is 5.83. The molecule has 0 amide bonds. The van der Waals surface area contributed by atoms with Gasteiger partial charge >= 0.3 is 0 Å². The first-order valence-electron chi connectivity index (χ1n) is 4.76. The first kappa shape index (κ1) is 11.4. The van der Waals surface area contributed by atoms with Crippen LogP contribution < -0.4 is 15.2 Å². The molecule has 0 heterocycles. The molecule has 0 radical (unpaired) electrons. The summed E-state index contributed by atoms with van der Waals surface area (Å²) in [5.41, 5.74) is 6.42. The quantitative estimate of drug-likeness (QED) is 0.609. The van der Waals surface area contributed by atoms with Gasteiger partial charge < -0.3 is 15.2 Å². The minimum atomic E-state index is 0.599. The van der Waals surface area contributed by atoms with E-state index in [1.807, 2.05) is 13.0 Å². The molecular formula is C11H16N2O2. The van der Waals surface area contributed by atoms with E-state index in [-0.39, 0.29) is 0 Å². The molecule has 0 aliphatic carbocycles. The van der Waals surface area contributed by atoms with Crippen LogP contribution in [-0.2, 0) is 0 Å². The number of nitrogens with two attached hydrogens (primary N) is 1. The van der Waals surface area contributed by atoms with Crippen LogP contribution in [0.25, 0.3) is 0 Å². The van der Waals surface area contributed by atoms with Crippen molar-refractivity contribution in [3.8, 4) is 11.5 Å². The van der Waals surface area contributed by atoms with Gasteiger partial charge in [0, 0.05) is 12.5 Å². The van der Waals surface area contributed by atoms with Crippen LogP contribution in [0.2, 0.25) is 0 Å². The number of aliphatic imine (C=N–C) groups is 1. The predicted molar refractivity (Wildman–Crippen MR) is 61.1 cm³/mol. The van der Waals surface area contributed by atoms with E-state index in [9.17, 15) is 0 Å². The van der Waals surface area contributed by atoms with Crippen LogP contribution in [0.1, 0.15) is 13.3 Å². The Morgan fingerprint density at radius 1 is 1.27 bits per heavy atom. The van der Waals surface area contributed by atoms with E-state index in [1.54, 1.807) is 26.4 Å². The number of rotatable bonds is 4. The average Bonchev–Trinajstić information content (AvgIpc) is 2.28. The molecule has 0 aliphatic rings. The summed E-state index contributed by atoms with van der Waals surface area (Å²) in [6, 6.07) is 5.44. The largest absolute Gasteiger partial charge is 0.493 e. The molecule has 1 rings (SSSR count). The smallest absolute Gasteiger partial charge is 0.162 e. The van der Waals surface area contributed by atoms with Crippen LogP contribution in [0, 0.1) is 0 Å². The summed E-state index contributed by atoms with van der Waals surface area (Å²) >= 11 is 0. The van der Waals surface area contributed by atoms with Crippen molar-refractivity contribution in [3.63, 3.8) is 0 Å². The van der Waals surface area contributed by atoms with Crippen molar-refractivity contribution in [2.24, 2.45) is 10.7 Å². The number of hydrogen-bond donors (Lipinski definition) is 1. The van der Waals surface area contributed by atoms with E-state index in [4.69, 9.17) is 15.2 Å². The zero-order valence-electron chi connectivity index (χ0n) is 9.28. The highest BCUT2D eigenvalue weighted by Crippen LogP contribution is 2.30. The Labute approximate surface area is 89.7 Å². The molecule has 82 valence electrons. The van der Waals surface area contributed by atoms with E-state index in [0.717, 1.165) is 12.1 Å². The van der Waals surface area contributed by atoms with Gasteiger partial charge in [-0.2, -0.15) is 0 Å². The summed E-state index contributed by atoms with van der Waals surface area (Å²) < 4.78 is 10.3. The molecule has 0 fully saturated rings. The van der Waals surface area contributed by atoms with Crippen LogP contribution in [0.3, 0.4) is 0 Å². The molecule has 0 aromatic heterocycles. The number of amidine groups is 1. The van der Waals surface area contributed by atoms with E-state index in [1.165, 1.54) is 0 Å². The Morgan fingerprint density at radius 3 is 2.47 bits per heavy atom. The molecule has 0 unspecified atom stereocenters. The lowest BCUT2D eigenvalue weighted by Crippen LogP contribution is -2.08. The maximum atomic E-state index is 5.65. The van der Waals surface area contributed by atoms with Gasteiger partial charge in [0.25, 0.3) is 0 Å². The Balaban J connectivity index is 3.03. The summed E-state index contributed by atoms with van der Waals surface area (Å²) in [5, 5.41) is 0. The molecule has 0 bridgehead atoms. The molecule has 4 heteroatoms. The Kier molecular flexibility index (Phi) is 3.97. The normalized spacial score (nSPS) is 11.3. The molecule has 4 nitrogen and oxygen atoms in total. The van der Waals surface area contributed by atoms with Crippen molar-refractivity contribution in [3.05, 3.63) is 18.2 Å². The highest BCUT2D eigenvalue weighted by Gasteiger charge is 2.03. The van der Waals surface area contributed by atoms with Gasteiger partial charge in [0.2, 0.25) is 0 Å². The van der Waals surface area contributed by atoms with Crippen LogP contribution in [0.5, 0.6) is 11.5 Å². The fourth-order valence-corrected chi connectivity index (χ4v) is 1.14. The van der Waals surface area contributed by atoms with Gasteiger partial charge in [-0.1, -0.05) is 6.92 Å².